The highest BCUT2D eigenvalue weighted by Crippen LogP contribution is 2.19. The highest BCUT2D eigenvalue weighted by Gasteiger charge is 2.09. The number of nitrogens with zero attached hydrogens (tertiary/aromatic N) is 1. The first-order chi connectivity index (χ1) is 7.68. The lowest BCUT2D eigenvalue weighted by atomic mass is 10.1. The van der Waals surface area contributed by atoms with Crippen molar-refractivity contribution in [3.05, 3.63) is 53.7 Å². The van der Waals surface area contributed by atoms with Gasteiger partial charge in [0.25, 0.3) is 0 Å². The van der Waals surface area contributed by atoms with Gasteiger partial charge in [-0.05, 0) is 18.6 Å². The van der Waals surface area contributed by atoms with Crippen molar-refractivity contribution >= 4 is 5.97 Å². The molecule has 1 aromatic carbocycles. The molecule has 3 heteroatoms. The average molecular weight is 213 g/mol. The SMILES string of the molecule is Cc1cnc(-c2ccccc2)cc1C(=O)O. The van der Waals surface area contributed by atoms with Crippen LogP contribution in [0.5, 0.6) is 0 Å². The Morgan fingerprint density at radius 1 is 1.25 bits per heavy atom. The van der Waals surface area contributed by atoms with Crippen LogP contribution in [0.25, 0.3) is 11.3 Å². The second-order valence-electron chi connectivity index (χ2n) is 3.56. The molecule has 0 radical (unpaired) electrons. The van der Waals surface area contributed by atoms with E-state index in [2.05, 4.69) is 4.98 Å². The zero-order valence-electron chi connectivity index (χ0n) is 8.84. The summed E-state index contributed by atoms with van der Waals surface area (Å²) in [5, 5.41) is 9.01. The molecule has 0 bridgehead atoms. The smallest absolute Gasteiger partial charge is 0.336 e. The second-order valence-corrected chi connectivity index (χ2v) is 3.56. The molecule has 1 heterocycles. The Bertz CT molecular complexity index is 521. The maximum atomic E-state index is 11.0. The molecule has 16 heavy (non-hydrogen) atoms. The number of aromatic nitrogens is 1. The molecule has 1 aromatic heterocycles. The number of pyridine rings is 1. The number of carboxylic acids is 1. The van der Waals surface area contributed by atoms with Crippen LogP contribution in [0.15, 0.2) is 42.6 Å². The molecule has 0 aliphatic carbocycles. The lowest BCUT2D eigenvalue weighted by Gasteiger charge is -2.04. The van der Waals surface area contributed by atoms with Gasteiger partial charge in [0.2, 0.25) is 0 Å². The number of carbonyl (C=O) groups is 1. The minimum absolute atomic E-state index is 0.300. The Balaban J connectivity index is 2.52. The van der Waals surface area contributed by atoms with E-state index in [9.17, 15) is 4.79 Å². The normalized spacial score (nSPS) is 10.1. The number of aromatic carboxylic acids is 1. The van der Waals surface area contributed by atoms with E-state index in [1.807, 2.05) is 30.3 Å². The highest BCUT2D eigenvalue weighted by molar-refractivity contribution is 5.90. The molecule has 0 saturated carbocycles. The summed E-state index contributed by atoms with van der Waals surface area (Å²) in [5.74, 6) is -0.919. The molecule has 0 amide bonds. The van der Waals surface area contributed by atoms with Crippen molar-refractivity contribution in [1.82, 2.24) is 4.98 Å². The van der Waals surface area contributed by atoms with E-state index >= 15 is 0 Å². The molecule has 0 fully saturated rings. The lowest BCUT2D eigenvalue weighted by Crippen LogP contribution is -2.01. The molecule has 0 saturated heterocycles. The predicted octanol–water partition coefficient (Wildman–Crippen LogP) is 2.76. The summed E-state index contributed by atoms with van der Waals surface area (Å²) in [5.41, 5.74) is 2.58. The van der Waals surface area contributed by atoms with Gasteiger partial charge in [0.15, 0.2) is 0 Å². The summed E-state index contributed by atoms with van der Waals surface area (Å²) in [4.78, 5) is 15.2. The van der Waals surface area contributed by atoms with Gasteiger partial charge in [-0.2, -0.15) is 0 Å². The molecule has 0 unspecified atom stereocenters. The number of carboxylic acid groups (broad SMARTS) is 1. The highest BCUT2D eigenvalue weighted by atomic mass is 16.4. The van der Waals surface area contributed by atoms with Crippen LogP contribution < -0.4 is 0 Å². The van der Waals surface area contributed by atoms with E-state index in [1.165, 1.54) is 0 Å². The van der Waals surface area contributed by atoms with E-state index < -0.39 is 5.97 Å². The van der Waals surface area contributed by atoms with E-state index in [4.69, 9.17) is 5.11 Å². The standard InChI is InChI=1S/C13H11NO2/c1-9-8-14-12(7-11(9)13(15)16)10-5-3-2-4-6-10/h2-8H,1H3,(H,15,16). The zero-order valence-corrected chi connectivity index (χ0v) is 8.84. The van der Waals surface area contributed by atoms with Crippen LogP contribution in [-0.2, 0) is 0 Å². The maximum Gasteiger partial charge on any atom is 0.336 e. The van der Waals surface area contributed by atoms with Gasteiger partial charge in [-0.1, -0.05) is 30.3 Å². The van der Waals surface area contributed by atoms with E-state index in [0.29, 0.717) is 16.8 Å². The molecular weight excluding hydrogens is 202 g/mol. The monoisotopic (exact) mass is 213 g/mol. The van der Waals surface area contributed by atoms with E-state index in [0.717, 1.165) is 5.56 Å². The van der Waals surface area contributed by atoms with Gasteiger partial charge in [0.05, 0.1) is 11.3 Å². The number of hydrogen-bond acceptors (Lipinski definition) is 2. The third kappa shape index (κ3) is 1.93. The molecule has 2 rings (SSSR count). The van der Waals surface area contributed by atoms with Crippen LogP contribution in [0.2, 0.25) is 0 Å². The van der Waals surface area contributed by atoms with Crippen molar-refractivity contribution in [2.24, 2.45) is 0 Å². The van der Waals surface area contributed by atoms with Crippen LogP contribution >= 0.6 is 0 Å². The molecule has 3 nitrogen and oxygen atoms in total. The molecule has 0 spiro atoms. The van der Waals surface area contributed by atoms with Crippen molar-refractivity contribution in [3.63, 3.8) is 0 Å². The summed E-state index contributed by atoms with van der Waals surface area (Å²) in [7, 11) is 0. The minimum Gasteiger partial charge on any atom is -0.478 e. The summed E-state index contributed by atoms with van der Waals surface area (Å²) in [6.45, 7) is 1.74. The quantitative estimate of drug-likeness (QED) is 0.834. The Hall–Kier alpha value is -2.16. The van der Waals surface area contributed by atoms with Gasteiger partial charge in [-0.15, -0.1) is 0 Å². The van der Waals surface area contributed by atoms with E-state index in [-0.39, 0.29) is 0 Å². The minimum atomic E-state index is -0.919. The largest absolute Gasteiger partial charge is 0.478 e. The summed E-state index contributed by atoms with van der Waals surface area (Å²) in [6.07, 6.45) is 1.59. The summed E-state index contributed by atoms with van der Waals surface area (Å²) >= 11 is 0. The van der Waals surface area contributed by atoms with Gasteiger partial charge in [-0.3, -0.25) is 4.98 Å². The van der Waals surface area contributed by atoms with Gasteiger partial charge >= 0.3 is 5.97 Å². The molecule has 2 aromatic rings. The Morgan fingerprint density at radius 3 is 2.56 bits per heavy atom. The Morgan fingerprint density at radius 2 is 1.94 bits per heavy atom. The Kier molecular flexibility index (Phi) is 2.68. The van der Waals surface area contributed by atoms with Crippen LogP contribution in [-0.4, -0.2) is 16.1 Å². The predicted molar refractivity (Wildman–Crippen MR) is 61.4 cm³/mol. The first-order valence-electron chi connectivity index (χ1n) is 4.94. The van der Waals surface area contributed by atoms with Gasteiger partial charge in [0.1, 0.15) is 0 Å². The molecular formula is C13H11NO2. The van der Waals surface area contributed by atoms with Crippen molar-refractivity contribution in [2.75, 3.05) is 0 Å². The fourth-order valence-electron chi connectivity index (χ4n) is 1.52. The molecule has 0 aliphatic heterocycles. The van der Waals surface area contributed by atoms with Crippen LogP contribution in [0.3, 0.4) is 0 Å². The van der Waals surface area contributed by atoms with Gasteiger partial charge < -0.3 is 5.11 Å². The number of benzene rings is 1. The first kappa shape index (κ1) is 10.4. The van der Waals surface area contributed by atoms with Crippen molar-refractivity contribution in [3.8, 4) is 11.3 Å². The zero-order chi connectivity index (χ0) is 11.5. The summed E-state index contributed by atoms with van der Waals surface area (Å²) < 4.78 is 0. The fourth-order valence-corrected chi connectivity index (χ4v) is 1.52. The number of aryl methyl sites for hydroxylation is 1. The maximum absolute atomic E-state index is 11.0. The van der Waals surface area contributed by atoms with Crippen molar-refractivity contribution in [2.45, 2.75) is 6.92 Å². The number of rotatable bonds is 2. The molecule has 0 atom stereocenters. The topological polar surface area (TPSA) is 50.2 Å². The molecule has 0 aliphatic rings. The average Bonchev–Trinajstić information content (AvgIpc) is 2.30. The van der Waals surface area contributed by atoms with Crippen molar-refractivity contribution in [1.29, 1.82) is 0 Å². The van der Waals surface area contributed by atoms with E-state index in [1.54, 1.807) is 19.2 Å². The molecule has 1 N–H and O–H groups in total. The van der Waals surface area contributed by atoms with Crippen LogP contribution in [0.4, 0.5) is 0 Å². The fraction of sp³-hybridized carbons (Fsp3) is 0.0769. The summed E-state index contributed by atoms with van der Waals surface area (Å²) in [6, 6.07) is 11.1. The van der Waals surface area contributed by atoms with Crippen LogP contribution in [0.1, 0.15) is 15.9 Å². The van der Waals surface area contributed by atoms with Gasteiger partial charge in [-0.25, -0.2) is 4.79 Å². The van der Waals surface area contributed by atoms with Crippen molar-refractivity contribution < 1.29 is 9.90 Å². The number of hydrogen-bond donors (Lipinski definition) is 1. The second kappa shape index (κ2) is 4.14. The third-order valence-corrected chi connectivity index (χ3v) is 2.40. The first-order valence-corrected chi connectivity index (χ1v) is 4.94. The third-order valence-electron chi connectivity index (χ3n) is 2.40. The molecule has 80 valence electrons. The van der Waals surface area contributed by atoms with Gasteiger partial charge in [0, 0.05) is 11.8 Å². The Labute approximate surface area is 93.4 Å². The van der Waals surface area contributed by atoms with Crippen LogP contribution in [0, 0.1) is 6.92 Å². The lowest BCUT2D eigenvalue weighted by molar-refractivity contribution is 0.0696.